The maximum atomic E-state index is 12.5. The summed E-state index contributed by atoms with van der Waals surface area (Å²) < 4.78 is 30.0. The first-order chi connectivity index (χ1) is 11.0. The number of rotatable bonds is 2. The van der Waals surface area contributed by atoms with Crippen molar-refractivity contribution in [2.75, 3.05) is 18.8 Å². The minimum Gasteiger partial charge on any atom is -0.361 e. The largest absolute Gasteiger partial charge is 0.361 e. The van der Waals surface area contributed by atoms with Gasteiger partial charge < -0.3 is 9.42 Å². The van der Waals surface area contributed by atoms with Crippen LogP contribution in [0.25, 0.3) is 0 Å². The minimum atomic E-state index is -3.29. The fourth-order valence-electron chi connectivity index (χ4n) is 2.82. The number of carbonyl (C=O) groups excluding carboxylic acids is 1. The highest BCUT2D eigenvalue weighted by Gasteiger charge is 2.33. The van der Waals surface area contributed by atoms with Crippen molar-refractivity contribution in [2.45, 2.75) is 18.6 Å². The Morgan fingerprint density at radius 2 is 2.00 bits per heavy atom. The zero-order valence-electron chi connectivity index (χ0n) is 12.8. The molecule has 6 nitrogen and oxygen atoms in total. The Morgan fingerprint density at radius 3 is 2.65 bits per heavy atom. The second-order valence-corrected chi connectivity index (χ2v) is 7.97. The molecule has 1 atom stereocenters. The summed E-state index contributed by atoms with van der Waals surface area (Å²) in [6.45, 7) is 2.27. The van der Waals surface area contributed by atoms with Crippen molar-refractivity contribution in [3.05, 3.63) is 53.4 Å². The smallest absolute Gasteiger partial charge is 0.276 e. The molecule has 0 aliphatic carbocycles. The minimum absolute atomic E-state index is 0.0465. The number of aryl methyl sites for hydroxylation is 1. The van der Waals surface area contributed by atoms with Gasteiger partial charge in [-0.25, -0.2) is 8.42 Å². The van der Waals surface area contributed by atoms with Gasteiger partial charge in [0.1, 0.15) is 5.76 Å². The van der Waals surface area contributed by atoms with E-state index in [0.717, 1.165) is 5.56 Å². The van der Waals surface area contributed by atoms with Crippen LogP contribution >= 0.6 is 0 Å². The molecule has 23 heavy (non-hydrogen) atoms. The average Bonchev–Trinajstić information content (AvgIpc) is 2.90. The summed E-state index contributed by atoms with van der Waals surface area (Å²) in [5.74, 6) is 0.221. The number of sulfone groups is 1. The van der Waals surface area contributed by atoms with Crippen LogP contribution in [0.4, 0.5) is 0 Å². The summed E-state index contributed by atoms with van der Waals surface area (Å²) in [7, 11) is -3.29. The van der Waals surface area contributed by atoms with Gasteiger partial charge in [0.05, 0.1) is 11.0 Å². The topological polar surface area (TPSA) is 80.5 Å². The maximum absolute atomic E-state index is 12.5. The summed E-state index contributed by atoms with van der Waals surface area (Å²) in [6.07, 6.45) is 0.384. The Bertz CT molecular complexity index is 798. The molecule has 0 spiro atoms. The van der Waals surface area contributed by atoms with Gasteiger partial charge in [-0.2, -0.15) is 0 Å². The fourth-order valence-corrected chi connectivity index (χ4v) is 4.61. The van der Waals surface area contributed by atoms with Crippen LogP contribution in [0.1, 0.15) is 33.5 Å². The van der Waals surface area contributed by atoms with Crippen LogP contribution < -0.4 is 0 Å². The third-order valence-corrected chi connectivity index (χ3v) is 6.17. The van der Waals surface area contributed by atoms with Crippen molar-refractivity contribution in [1.82, 2.24) is 10.1 Å². The van der Waals surface area contributed by atoms with Crippen LogP contribution in [0, 0.1) is 6.92 Å². The van der Waals surface area contributed by atoms with Gasteiger partial charge in [-0.05, 0) is 18.9 Å². The molecule has 0 bridgehead atoms. The van der Waals surface area contributed by atoms with E-state index in [4.69, 9.17) is 4.52 Å². The third kappa shape index (κ3) is 3.29. The first-order valence-corrected chi connectivity index (χ1v) is 9.18. The first-order valence-electron chi connectivity index (χ1n) is 7.46. The van der Waals surface area contributed by atoms with Crippen molar-refractivity contribution < 1.29 is 17.7 Å². The van der Waals surface area contributed by atoms with Crippen LogP contribution in [0.2, 0.25) is 0 Å². The molecule has 1 aromatic heterocycles. The molecule has 0 radical (unpaired) electrons. The SMILES string of the molecule is Cc1cc(C(=O)N2CC[C@@H](c3ccccc3)S(=O)(=O)CC2)no1. The van der Waals surface area contributed by atoms with E-state index in [1.54, 1.807) is 13.0 Å². The fraction of sp³-hybridized carbons (Fsp3) is 0.375. The number of hydrogen-bond donors (Lipinski definition) is 0. The number of benzene rings is 1. The van der Waals surface area contributed by atoms with E-state index in [0.29, 0.717) is 18.7 Å². The second kappa shape index (κ2) is 6.16. The molecule has 1 aromatic carbocycles. The molecule has 2 heterocycles. The van der Waals surface area contributed by atoms with Crippen molar-refractivity contribution in [3.63, 3.8) is 0 Å². The van der Waals surface area contributed by atoms with E-state index >= 15 is 0 Å². The van der Waals surface area contributed by atoms with Crippen LogP contribution in [0.5, 0.6) is 0 Å². The molecule has 1 fully saturated rings. The van der Waals surface area contributed by atoms with E-state index in [1.165, 1.54) is 4.90 Å². The molecule has 122 valence electrons. The molecule has 7 heteroatoms. The van der Waals surface area contributed by atoms with E-state index in [1.807, 2.05) is 30.3 Å². The molecule has 1 saturated heterocycles. The molecule has 0 N–H and O–H groups in total. The van der Waals surface area contributed by atoms with E-state index in [-0.39, 0.29) is 23.9 Å². The first kappa shape index (κ1) is 15.7. The highest BCUT2D eigenvalue weighted by molar-refractivity contribution is 7.91. The normalized spacial score (nSPS) is 20.9. The number of nitrogens with zero attached hydrogens (tertiary/aromatic N) is 2. The molecular weight excluding hydrogens is 316 g/mol. The molecule has 3 rings (SSSR count). The zero-order valence-corrected chi connectivity index (χ0v) is 13.6. The molecule has 1 aliphatic rings. The third-order valence-electron chi connectivity index (χ3n) is 4.05. The van der Waals surface area contributed by atoms with Crippen molar-refractivity contribution in [2.24, 2.45) is 0 Å². The van der Waals surface area contributed by atoms with E-state index in [2.05, 4.69) is 5.16 Å². The Morgan fingerprint density at radius 1 is 1.26 bits per heavy atom. The second-order valence-electron chi connectivity index (χ2n) is 5.67. The molecular formula is C16H18N2O4S. The molecule has 0 unspecified atom stereocenters. The van der Waals surface area contributed by atoms with Crippen molar-refractivity contribution in [3.8, 4) is 0 Å². The lowest BCUT2D eigenvalue weighted by Crippen LogP contribution is -2.33. The van der Waals surface area contributed by atoms with Crippen molar-refractivity contribution >= 4 is 15.7 Å². The monoisotopic (exact) mass is 334 g/mol. The zero-order chi connectivity index (χ0) is 16.4. The molecule has 1 amide bonds. The molecule has 1 aliphatic heterocycles. The van der Waals surface area contributed by atoms with Gasteiger partial charge in [0, 0.05) is 19.2 Å². The predicted molar refractivity (Wildman–Crippen MR) is 84.7 cm³/mol. The van der Waals surface area contributed by atoms with Gasteiger partial charge in [0.25, 0.3) is 5.91 Å². The highest BCUT2D eigenvalue weighted by atomic mass is 32.2. The standard InChI is InChI=1S/C16H18N2O4S/c1-12-11-14(17-22-12)16(19)18-8-7-15(23(20,21)10-9-18)13-5-3-2-4-6-13/h2-6,11,15H,7-10H2,1H3/t15-/m0/s1. The number of hydrogen-bond acceptors (Lipinski definition) is 5. The summed E-state index contributed by atoms with van der Waals surface area (Å²) >= 11 is 0. The average molecular weight is 334 g/mol. The van der Waals surface area contributed by atoms with Crippen LogP contribution in [-0.2, 0) is 9.84 Å². The summed E-state index contributed by atoms with van der Waals surface area (Å²) in [5.41, 5.74) is 0.997. The van der Waals surface area contributed by atoms with Crippen molar-refractivity contribution in [1.29, 1.82) is 0 Å². The number of aromatic nitrogens is 1. The Hall–Kier alpha value is -2.15. The summed E-state index contributed by atoms with van der Waals surface area (Å²) in [4.78, 5) is 14.0. The van der Waals surface area contributed by atoms with Crippen LogP contribution in [0.3, 0.4) is 0 Å². The Labute approximate surface area is 135 Å². The lowest BCUT2D eigenvalue weighted by atomic mass is 10.1. The van der Waals surface area contributed by atoms with E-state index < -0.39 is 15.1 Å². The number of amides is 1. The molecule has 2 aromatic rings. The highest BCUT2D eigenvalue weighted by Crippen LogP contribution is 2.29. The van der Waals surface area contributed by atoms with E-state index in [9.17, 15) is 13.2 Å². The lowest BCUT2D eigenvalue weighted by molar-refractivity contribution is 0.0756. The van der Waals surface area contributed by atoms with Gasteiger partial charge in [-0.3, -0.25) is 4.79 Å². The van der Waals surface area contributed by atoms with Gasteiger partial charge in [0.2, 0.25) is 0 Å². The summed E-state index contributed by atoms with van der Waals surface area (Å²) in [5, 5.41) is 3.15. The Kier molecular flexibility index (Phi) is 4.21. The Balaban J connectivity index is 1.81. The summed E-state index contributed by atoms with van der Waals surface area (Å²) in [6, 6.07) is 10.7. The van der Waals surface area contributed by atoms with Crippen LogP contribution in [-0.4, -0.2) is 43.2 Å². The van der Waals surface area contributed by atoms with Gasteiger partial charge >= 0.3 is 0 Å². The van der Waals surface area contributed by atoms with Crippen LogP contribution in [0.15, 0.2) is 40.9 Å². The molecule has 0 saturated carbocycles. The quantitative estimate of drug-likeness (QED) is 0.839. The number of carbonyl (C=O) groups is 1. The lowest BCUT2D eigenvalue weighted by Gasteiger charge is -2.18. The maximum Gasteiger partial charge on any atom is 0.276 e. The predicted octanol–water partition coefficient (Wildman–Crippen LogP) is 1.99. The van der Waals surface area contributed by atoms with Gasteiger partial charge in [-0.15, -0.1) is 0 Å². The van der Waals surface area contributed by atoms with Gasteiger partial charge in [-0.1, -0.05) is 35.5 Å². The van der Waals surface area contributed by atoms with Gasteiger partial charge in [0.15, 0.2) is 15.5 Å².